The van der Waals surface area contributed by atoms with E-state index in [2.05, 4.69) is 20.7 Å². The fraction of sp³-hybridized carbons (Fsp3) is 0.400. The van der Waals surface area contributed by atoms with Crippen LogP contribution in [0, 0.1) is 0 Å². The van der Waals surface area contributed by atoms with Gasteiger partial charge in [-0.2, -0.15) is 13.2 Å². The van der Waals surface area contributed by atoms with Gasteiger partial charge in [0.05, 0.1) is 11.9 Å². The normalized spacial score (nSPS) is 12.4. The predicted octanol–water partition coefficient (Wildman–Crippen LogP) is 1.74. The largest absolute Gasteiger partial charge is 0.433 e. The molecule has 0 spiro atoms. The number of aliphatic imine (C=N–C) groups is 1. The molecule has 0 saturated heterocycles. The smallest absolute Gasteiger partial charge is 0.324 e. The number of halogens is 3. The quantitative estimate of drug-likeness (QED) is 0.335. The van der Waals surface area contributed by atoms with Crippen LogP contribution in [0.1, 0.15) is 19.0 Å². The van der Waals surface area contributed by atoms with Gasteiger partial charge in [-0.25, -0.2) is 10.8 Å². The van der Waals surface area contributed by atoms with Crippen molar-refractivity contribution in [2.75, 3.05) is 11.9 Å². The van der Waals surface area contributed by atoms with Crippen LogP contribution in [0.15, 0.2) is 23.3 Å². The van der Waals surface area contributed by atoms with E-state index < -0.39 is 11.9 Å². The Morgan fingerprint density at radius 3 is 2.61 bits per heavy atom. The van der Waals surface area contributed by atoms with Crippen molar-refractivity contribution in [2.24, 2.45) is 10.8 Å². The summed E-state index contributed by atoms with van der Waals surface area (Å²) in [6.07, 6.45) is -2.54. The third-order valence-electron chi connectivity index (χ3n) is 1.95. The van der Waals surface area contributed by atoms with Crippen molar-refractivity contribution in [2.45, 2.75) is 19.5 Å². The van der Waals surface area contributed by atoms with Crippen LogP contribution in [0.2, 0.25) is 0 Å². The molecule has 1 heterocycles. The first kappa shape index (κ1) is 14.2. The van der Waals surface area contributed by atoms with Crippen LogP contribution >= 0.6 is 0 Å². The lowest BCUT2D eigenvalue weighted by Gasteiger charge is -2.10. The van der Waals surface area contributed by atoms with Crippen LogP contribution in [-0.4, -0.2) is 17.5 Å². The minimum Gasteiger partial charge on any atom is -0.324 e. The first-order valence-corrected chi connectivity index (χ1v) is 5.28. The number of hydrazine groups is 1. The van der Waals surface area contributed by atoms with Crippen LogP contribution in [0.4, 0.5) is 18.9 Å². The molecule has 0 unspecified atom stereocenters. The second kappa shape index (κ2) is 6.20. The number of nitrogens with one attached hydrogen (secondary N) is 2. The van der Waals surface area contributed by atoms with Crippen molar-refractivity contribution >= 4 is 11.6 Å². The second-order valence-electron chi connectivity index (χ2n) is 3.43. The number of aromatic nitrogens is 1. The minimum atomic E-state index is -4.44. The Bertz CT molecular complexity index is 399. The van der Waals surface area contributed by atoms with Gasteiger partial charge in [0.2, 0.25) is 5.96 Å². The van der Waals surface area contributed by atoms with Crippen molar-refractivity contribution < 1.29 is 13.2 Å². The van der Waals surface area contributed by atoms with E-state index in [4.69, 9.17) is 5.84 Å². The number of nitrogens with zero attached hydrogens (tertiary/aromatic N) is 2. The molecule has 0 atom stereocenters. The van der Waals surface area contributed by atoms with E-state index in [9.17, 15) is 13.2 Å². The van der Waals surface area contributed by atoms with E-state index in [-0.39, 0.29) is 5.96 Å². The molecule has 0 aromatic carbocycles. The second-order valence-corrected chi connectivity index (χ2v) is 3.43. The van der Waals surface area contributed by atoms with Gasteiger partial charge in [-0.15, -0.1) is 0 Å². The highest BCUT2D eigenvalue weighted by molar-refractivity contribution is 5.92. The molecule has 1 aromatic rings. The van der Waals surface area contributed by atoms with Gasteiger partial charge >= 0.3 is 6.18 Å². The van der Waals surface area contributed by atoms with Crippen molar-refractivity contribution in [3.05, 3.63) is 24.0 Å². The molecule has 0 saturated carbocycles. The molecule has 0 aliphatic heterocycles. The summed E-state index contributed by atoms with van der Waals surface area (Å²) in [5.74, 6) is 5.49. The monoisotopic (exact) mass is 261 g/mol. The number of nitrogens with two attached hydrogens (primary N) is 1. The molecule has 0 fully saturated rings. The summed E-state index contributed by atoms with van der Waals surface area (Å²) in [6.45, 7) is 2.50. The van der Waals surface area contributed by atoms with Gasteiger partial charge < -0.3 is 5.32 Å². The zero-order valence-corrected chi connectivity index (χ0v) is 9.75. The highest BCUT2D eigenvalue weighted by Gasteiger charge is 2.31. The van der Waals surface area contributed by atoms with Gasteiger partial charge in [-0.3, -0.25) is 10.4 Å². The highest BCUT2D eigenvalue weighted by Crippen LogP contribution is 2.27. The number of anilines is 1. The Morgan fingerprint density at radius 2 is 2.17 bits per heavy atom. The van der Waals surface area contributed by atoms with Crippen molar-refractivity contribution in [3.63, 3.8) is 0 Å². The summed E-state index contributed by atoms with van der Waals surface area (Å²) in [6, 6.07) is 2.14. The Morgan fingerprint density at radius 1 is 1.44 bits per heavy atom. The third-order valence-corrected chi connectivity index (χ3v) is 1.95. The third kappa shape index (κ3) is 4.21. The zero-order valence-electron chi connectivity index (χ0n) is 9.75. The molecule has 8 heteroatoms. The van der Waals surface area contributed by atoms with E-state index in [1.54, 1.807) is 0 Å². The van der Waals surface area contributed by atoms with Crippen molar-refractivity contribution in [1.82, 2.24) is 10.4 Å². The van der Waals surface area contributed by atoms with E-state index >= 15 is 0 Å². The van der Waals surface area contributed by atoms with Gasteiger partial charge in [0.1, 0.15) is 5.69 Å². The van der Waals surface area contributed by atoms with E-state index in [1.165, 1.54) is 6.07 Å². The summed E-state index contributed by atoms with van der Waals surface area (Å²) >= 11 is 0. The molecule has 0 bridgehead atoms. The number of alkyl halides is 3. The fourth-order valence-corrected chi connectivity index (χ4v) is 1.12. The number of rotatable bonds is 3. The van der Waals surface area contributed by atoms with Gasteiger partial charge in [0.15, 0.2) is 0 Å². The number of pyridine rings is 1. The number of guanidine groups is 1. The SMILES string of the molecule is CCCN=C(NN)Nc1ccc(C(F)(F)F)nc1. The van der Waals surface area contributed by atoms with Crippen LogP contribution in [-0.2, 0) is 6.18 Å². The lowest BCUT2D eigenvalue weighted by molar-refractivity contribution is -0.141. The van der Waals surface area contributed by atoms with Crippen LogP contribution in [0.5, 0.6) is 0 Å². The number of hydrogen-bond acceptors (Lipinski definition) is 3. The molecule has 1 rings (SSSR count). The fourth-order valence-electron chi connectivity index (χ4n) is 1.12. The zero-order chi connectivity index (χ0) is 13.6. The van der Waals surface area contributed by atoms with Crippen LogP contribution < -0.4 is 16.6 Å². The number of hydrogen-bond donors (Lipinski definition) is 3. The summed E-state index contributed by atoms with van der Waals surface area (Å²) in [5, 5.41) is 2.73. The maximum Gasteiger partial charge on any atom is 0.433 e. The standard InChI is InChI=1S/C10H14F3N5/c1-2-5-15-9(18-14)17-7-3-4-8(16-6-7)10(11,12)13/h3-4,6H,2,5,14H2,1H3,(H2,15,17,18). The van der Waals surface area contributed by atoms with Gasteiger partial charge in [0.25, 0.3) is 0 Å². The Kier molecular flexibility index (Phi) is 4.90. The summed E-state index contributed by atoms with van der Waals surface area (Å²) < 4.78 is 36.8. The van der Waals surface area contributed by atoms with Gasteiger partial charge in [-0.05, 0) is 18.6 Å². The van der Waals surface area contributed by atoms with Crippen molar-refractivity contribution in [1.29, 1.82) is 0 Å². The summed E-state index contributed by atoms with van der Waals surface area (Å²) in [4.78, 5) is 7.35. The average molecular weight is 261 g/mol. The Labute approximate surface area is 102 Å². The maximum absolute atomic E-state index is 12.3. The average Bonchev–Trinajstić information content (AvgIpc) is 2.34. The molecular weight excluding hydrogens is 247 g/mol. The predicted molar refractivity (Wildman–Crippen MR) is 62.8 cm³/mol. The molecule has 18 heavy (non-hydrogen) atoms. The van der Waals surface area contributed by atoms with Crippen LogP contribution in [0.3, 0.4) is 0 Å². The first-order chi connectivity index (χ1) is 8.47. The minimum absolute atomic E-state index is 0.276. The molecule has 0 aliphatic carbocycles. The Balaban J connectivity index is 2.74. The molecular formula is C10H14F3N5. The Hall–Kier alpha value is -1.83. The van der Waals surface area contributed by atoms with E-state index in [0.29, 0.717) is 12.2 Å². The molecule has 1 aromatic heterocycles. The highest BCUT2D eigenvalue weighted by atomic mass is 19.4. The summed E-state index contributed by atoms with van der Waals surface area (Å²) in [5.41, 5.74) is 1.75. The lowest BCUT2D eigenvalue weighted by Crippen LogP contribution is -2.36. The van der Waals surface area contributed by atoms with Gasteiger partial charge in [-0.1, -0.05) is 6.92 Å². The lowest BCUT2D eigenvalue weighted by atomic mass is 10.3. The topological polar surface area (TPSA) is 75.3 Å². The van der Waals surface area contributed by atoms with Crippen molar-refractivity contribution in [3.8, 4) is 0 Å². The van der Waals surface area contributed by atoms with Gasteiger partial charge in [0, 0.05) is 6.54 Å². The maximum atomic E-state index is 12.3. The molecule has 5 nitrogen and oxygen atoms in total. The van der Waals surface area contributed by atoms with E-state index in [0.717, 1.165) is 18.7 Å². The molecule has 0 radical (unpaired) electrons. The summed E-state index contributed by atoms with van der Waals surface area (Å²) in [7, 11) is 0. The molecule has 0 aliphatic rings. The molecule has 100 valence electrons. The molecule has 4 N–H and O–H groups in total. The molecule has 0 amide bonds. The first-order valence-electron chi connectivity index (χ1n) is 5.28. The van der Waals surface area contributed by atoms with Crippen LogP contribution in [0.25, 0.3) is 0 Å². The van der Waals surface area contributed by atoms with E-state index in [1.807, 2.05) is 6.92 Å².